The smallest absolute Gasteiger partial charge is 0.317 e. The molecular weight excluding hydrogens is 270 g/mol. The second-order valence-corrected chi connectivity index (χ2v) is 5.66. The highest BCUT2D eigenvalue weighted by molar-refractivity contribution is 5.77. The molecule has 1 aromatic heterocycles. The fraction of sp³-hybridized carbons (Fsp3) is 0.533. The highest BCUT2D eigenvalue weighted by atomic mass is 16.4. The molecule has 2 rings (SSSR count). The Bertz CT molecular complexity index is 500. The Labute approximate surface area is 124 Å². The van der Waals surface area contributed by atoms with Crippen molar-refractivity contribution in [3.63, 3.8) is 0 Å². The number of hydrogen-bond donors (Lipinski definition) is 2. The molecule has 6 heteroatoms. The largest absolute Gasteiger partial charge is 0.481 e. The van der Waals surface area contributed by atoms with Crippen LogP contribution < -0.4 is 5.32 Å². The molecule has 1 aliphatic carbocycles. The van der Waals surface area contributed by atoms with E-state index in [-0.39, 0.29) is 12.5 Å². The van der Waals surface area contributed by atoms with E-state index in [2.05, 4.69) is 10.3 Å². The van der Waals surface area contributed by atoms with Gasteiger partial charge in [-0.2, -0.15) is 0 Å². The zero-order valence-electron chi connectivity index (χ0n) is 12.2. The molecule has 0 spiro atoms. The topological polar surface area (TPSA) is 82.5 Å². The Hall–Kier alpha value is -2.11. The predicted octanol–water partition coefficient (Wildman–Crippen LogP) is 1.66. The van der Waals surface area contributed by atoms with Gasteiger partial charge in [-0.25, -0.2) is 4.79 Å². The van der Waals surface area contributed by atoms with Crippen LogP contribution >= 0.6 is 0 Å². The van der Waals surface area contributed by atoms with E-state index in [0.29, 0.717) is 6.54 Å². The van der Waals surface area contributed by atoms with Crippen LogP contribution in [-0.4, -0.2) is 46.1 Å². The number of carbonyl (C=O) groups is 2. The molecule has 21 heavy (non-hydrogen) atoms. The third-order valence-corrected chi connectivity index (χ3v) is 4.00. The van der Waals surface area contributed by atoms with Gasteiger partial charge in [0.15, 0.2) is 0 Å². The number of amides is 2. The first kappa shape index (κ1) is 15.3. The molecule has 1 saturated carbocycles. The Morgan fingerprint density at radius 3 is 2.57 bits per heavy atom. The van der Waals surface area contributed by atoms with Gasteiger partial charge in [0, 0.05) is 26.0 Å². The average molecular weight is 291 g/mol. The lowest BCUT2D eigenvalue weighted by Gasteiger charge is -2.42. The highest BCUT2D eigenvalue weighted by Crippen LogP contribution is 2.35. The van der Waals surface area contributed by atoms with Crippen molar-refractivity contribution in [1.29, 1.82) is 0 Å². The molecule has 1 aromatic rings. The number of aromatic nitrogens is 1. The lowest BCUT2D eigenvalue weighted by molar-refractivity contribution is -0.139. The van der Waals surface area contributed by atoms with Crippen molar-refractivity contribution in [3.05, 3.63) is 30.1 Å². The Balaban J connectivity index is 1.83. The second-order valence-electron chi connectivity index (χ2n) is 5.66. The molecule has 6 nitrogen and oxygen atoms in total. The van der Waals surface area contributed by atoms with E-state index in [1.807, 2.05) is 12.1 Å². The normalized spacial score (nSPS) is 15.9. The van der Waals surface area contributed by atoms with Gasteiger partial charge in [0.25, 0.3) is 0 Å². The van der Waals surface area contributed by atoms with Crippen molar-refractivity contribution in [2.24, 2.45) is 0 Å². The zero-order chi connectivity index (χ0) is 15.3. The number of carboxylic acids is 1. The molecule has 0 atom stereocenters. The van der Waals surface area contributed by atoms with Crippen LogP contribution in [0.1, 0.15) is 31.2 Å². The van der Waals surface area contributed by atoms with E-state index in [9.17, 15) is 9.59 Å². The molecule has 2 amide bonds. The van der Waals surface area contributed by atoms with Crippen LogP contribution in [0.2, 0.25) is 0 Å². The van der Waals surface area contributed by atoms with E-state index in [1.165, 1.54) is 0 Å². The molecule has 0 aromatic carbocycles. The quantitative estimate of drug-likeness (QED) is 0.835. The first-order valence-electron chi connectivity index (χ1n) is 7.15. The third kappa shape index (κ3) is 4.18. The number of pyridine rings is 1. The number of urea groups is 1. The van der Waals surface area contributed by atoms with Gasteiger partial charge in [-0.1, -0.05) is 0 Å². The molecule has 0 radical (unpaired) electrons. The molecule has 0 aliphatic heterocycles. The summed E-state index contributed by atoms with van der Waals surface area (Å²) in [6, 6.07) is 3.64. The molecule has 2 N–H and O–H groups in total. The Morgan fingerprint density at radius 1 is 1.38 bits per heavy atom. The SMILES string of the molecule is CN(CCc1ccncc1)C(=O)NC1(CC(=O)O)CCC1. The summed E-state index contributed by atoms with van der Waals surface area (Å²) in [5, 5.41) is 11.8. The summed E-state index contributed by atoms with van der Waals surface area (Å²) < 4.78 is 0. The lowest BCUT2D eigenvalue weighted by Crippen LogP contribution is -2.57. The van der Waals surface area contributed by atoms with Gasteiger partial charge in [-0.15, -0.1) is 0 Å². The molecule has 1 aliphatic rings. The number of nitrogens with zero attached hydrogens (tertiary/aromatic N) is 2. The van der Waals surface area contributed by atoms with Crippen molar-refractivity contribution in [2.45, 2.75) is 37.6 Å². The summed E-state index contributed by atoms with van der Waals surface area (Å²) in [7, 11) is 1.73. The first-order valence-corrected chi connectivity index (χ1v) is 7.15. The number of hydrogen-bond acceptors (Lipinski definition) is 3. The summed E-state index contributed by atoms with van der Waals surface area (Å²) in [5.74, 6) is -0.866. The lowest BCUT2D eigenvalue weighted by atomic mass is 9.74. The van der Waals surface area contributed by atoms with E-state index in [1.54, 1.807) is 24.3 Å². The van der Waals surface area contributed by atoms with Crippen LogP contribution in [0.15, 0.2) is 24.5 Å². The molecule has 1 fully saturated rings. The van der Waals surface area contributed by atoms with Crippen molar-refractivity contribution < 1.29 is 14.7 Å². The van der Waals surface area contributed by atoms with Crippen LogP contribution in [0.25, 0.3) is 0 Å². The van der Waals surface area contributed by atoms with Gasteiger partial charge in [0.1, 0.15) is 0 Å². The van der Waals surface area contributed by atoms with Crippen molar-refractivity contribution in [1.82, 2.24) is 15.2 Å². The number of carboxylic acid groups (broad SMARTS) is 1. The molecule has 0 unspecified atom stereocenters. The average Bonchev–Trinajstić information content (AvgIpc) is 2.42. The van der Waals surface area contributed by atoms with Crippen LogP contribution in [0.3, 0.4) is 0 Å². The Morgan fingerprint density at radius 2 is 2.05 bits per heavy atom. The van der Waals surface area contributed by atoms with E-state index in [4.69, 9.17) is 5.11 Å². The van der Waals surface area contributed by atoms with Crippen molar-refractivity contribution >= 4 is 12.0 Å². The summed E-state index contributed by atoms with van der Waals surface area (Å²) in [5.41, 5.74) is 0.571. The standard InChI is InChI=1S/C15H21N3O3/c1-18(10-5-12-3-8-16-9-4-12)14(21)17-15(6-2-7-15)11-13(19)20/h3-4,8-9H,2,5-7,10-11H2,1H3,(H,17,21)(H,19,20). The fourth-order valence-electron chi connectivity index (χ4n) is 2.51. The molecule has 114 valence electrons. The molecule has 1 heterocycles. The maximum atomic E-state index is 12.2. The summed E-state index contributed by atoms with van der Waals surface area (Å²) in [6.07, 6.45) is 6.65. The van der Waals surface area contributed by atoms with Gasteiger partial charge in [-0.3, -0.25) is 9.78 Å². The maximum absolute atomic E-state index is 12.2. The second kappa shape index (κ2) is 6.56. The maximum Gasteiger partial charge on any atom is 0.317 e. The van der Waals surface area contributed by atoms with Crippen LogP contribution in [-0.2, 0) is 11.2 Å². The number of rotatable bonds is 6. The number of nitrogens with one attached hydrogen (secondary N) is 1. The highest BCUT2D eigenvalue weighted by Gasteiger charge is 2.40. The summed E-state index contributed by atoms with van der Waals surface area (Å²) >= 11 is 0. The monoisotopic (exact) mass is 291 g/mol. The van der Waals surface area contributed by atoms with Crippen molar-refractivity contribution in [2.75, 3.05) is 13.6 Å². The van der Waals surface area contributed by atoms with Gasteiger partial charge >= 0.3 is 12.0 Å². The molecule has 0 saturated heterocycles. The fourth-order valence-corrected chi connectivity index (χ4v) is 2.51. The van der Waals surface area contributed by atoms with Crippen molar-refractivity contribution in [3.8, 4) is 0 Å². The van der Waals surface area contributed by atoms with Gasteiger partial charge in [0.2, 0.25) is 0 Å². The Kier molecular flexibility index (Phi) is 4.77. The van der Waals surface area contributed by atoms with E-state index < -0.39 is 11.5 Å². The van der Waals surface area contributed by atoms with E-state index >= 15 is 0 Å². The van der Waals surface area contributed by atoms with Gasteiger partial charge < -0.3 is 15.3 Å². The van der Waals surface area contributed by atoms with E-state index in [0.717, 1.165) is 31.2 Å². The van der Waals surface area contributed by atoms with Gasteiger partial charge in [0.05, 0.1) is 12.0 Å². The molecule has 0 bridgehead atoms. The number of carbonyl (C=O) groups excluding carboxylic acids is 1. The summed E-state index contributed by atoms with van der Waals surface area (Å²) in [6.45, 7) is 0.582. The predicted molar refractivity (Wildman–Crippen MR) is 77.9 cm³/mol. The van der Waals surface area contributed by atoms with Crippen LogP contribution in [0.5, 0.6) is 0 Å². The first-order chi connectivity index (χ1) is 10.0. The van der Waals surface area contributed by atoms with Gasteiger partial charge in [-0.05, 0) is 43.4 Å². The minimum absolute atomic E-state index is 0.00304. The number of likely N-dealkylation sites (N-methyl/N-ethyl adjacent to an activating group) is 1. The van der Waals surface area contributed by atoms with Crippen LogP contribution in [0, 0.1) is 0 Å². The minimum Gasteiger partial charge on any atom is -0.481 e. The summed E-state index contributed by atoms with van der Waals surface area (Å²) in [4.78, 5) is 28.6. The zero-order valence-corrected chi connectivity index (χ0v) is 12.2. The third-order valence-electron chi connectivity index (χ3n) is 4.00. The van der Waals surface area contributed by atoms with Crippen LogP contribution in [0.4, 0.5) is 4.79 Å². The minimum atomic E-state index is -0.866. The molecular formula is C15H21N3O3. The number of aliphatic carboxylic acids is 1.